The van der Waals surface area contributed by atoms with Crippen molar-refractivity contribution in [1.29, 1.82) is 5.26 Å². The summed E-state index contributed by atoms with van der Waals surface area (Å²) in [6.07, 6.45) is 1.56. The topological polar surface area (TPSA) is 83.9 Å². The molecule has 1 rings (SSSR count). The van der Waals surface area contributed by atoms with Crippen LogP contribution in [0.25, 0.3) is 0 Å². The molecular formula is C5H8N2O2S. The van der Waals surface area contributed by atoms with E-state index in [2.05, 4.69) is 0 Å². The number of nitriles is 1. The van der Waals surface area contributed by atoms with Crippen LogP contribution >= 0.6 is 0 Å². The third-order valence-corrected chi connectivity index (χ3v) is 3.50. The van der Waals surface area contributed by atoms with Crippen LogP contribution in [0.15, 0.2) is 0 Å². The van der Waals surface area contributed by atoms with Crippen molar-refractivity contribution in [3.05, 3.63) is 0 Å². The van der Waals surface area contributed by atoms with E-state index >= 15 is 0 Å². The highest BCUT2D eigenvalue weighted by molar-refractivity contribution is 7.90. The van der Waals surface area contributed by atoms with Crippen molar-refractivity contribution in [2.75, 3.05) is 0 Å². The molecule has 10 heavy (non-hydrogen) atoms. The minimum atomic E-state index is -3.64. The van der Waals surface area contributed by atoms with Crippen LogP contribution in [-0.2, 0) is 10.0 Å². The third kappa shape index (κ3) is 0.805. The standard InChI is InChI=1S/C5H8N2O2S/c6-4-5(2-1-3-5)10(7,8)9/h1-3H2,(H2,7,8,9). The Labute approximate surface area is 59.7 Å². The van der Waals surface area contributed by atoms with Gasteiger partial charge in [0, 0.05) is 0 Å². The first-order chi connectivity index (χ1) is 4.52. The lowest BCUT2D eigenvalue weighted by molar-refractivity contribution is 0.407. The summed E-state index contributed by atoms with van der Waals surface area (Å²) in [6, 6.07) is 1.74. The number of primary sulfonamides is 1. The average Bonchev–Trinajstić information content (AvgIpc) is 1.58. The van der Waals surface area contributed by atoms with Crippen LogP contribution in [0, 0.1) is 11.3 Å². The van der Waals surface area contributed by atoms with Crippen LogP contribution in [0.3, 0.4) is 0 Å². The molecule has 1 saturated carbocycles. The Balaban J connectivity index is 3.00. The number of hydrogen-bond donors (Lipinski definition) is 1. The van der Waals surface area contributed by atoms with E-state index < -0.39 is 14.8 Å². The molecule has 0 atom stereocenters. The summed E-state index contributed by atoms with van der Waals surface area (Å²) in [5, 5.41) is 13.3. The smallest absolute Gasteiger partial charge is 0.227 e. The number of nitrogens with zero attached hydrogens (tertiary/aromatic N) is 1. The van der Waals surface area contributed by atoms with Crippen molar-refractivity contribution in [3.8, 4) is 6.07 Å². The summed E-state index contributed by atoms with van der Waals surface area (Å²) in [4.78, 5) is 0. The van der Waals surface area contributed by atoms with Gasteiger partial charge in [-0.2, -0.15) is 5.26 Å². The van der Waals surface area contributed by atoms with Gasteiger partial charge in [0.15, 0.2) is 4.75 Å². The van der Waals surface area contributed by atoms with Crippen LogP contribution < -0.4 is 5.14 Å². The largest absolute Gasteiger partial charge is 0.228 e. The van der Waals surface area contributed by atoms with Crippen molar-refractivity contribution in [2.24, 2.45) is 5.14 Å². The predicted molar refractivity (Wildman–Crippen MR) is 35.3 cm³/mol. The summed E-state index contributed by atoms with van der Waals surface area (Å²) in [5.74, 6) is 0. The highest BCUT2D eigenvalue weighted by Gasteiger charge is 2.47. The predicted octanol–water partition coefficient (Wildman–Crippen LogP) is -0.279. The molecule has 0 aliphatic heterocycles. The zero-order valence-electron chi connectivity index (χ0n) is 5.37. The van der Waals surface area contributed by atoms with Gasteiger partial charge in [0.05, 0.1) is 6.07 Å². The minimum absolute atomic E-state index is 0.391. The van der Waals surface area contributed by atoms with Crippen molar-refractivity contribution in [3.63, 3.8) is 0 Å². The van der Waals surface area contributed by atoms with Crippen LogP contribution in [-0.4, -0.2) is 13.2 Å². The molecule has 0 aromatic carbocycles. The molecule has 5 heteroatoms. The molecule has 0 aromatic heterocycles. The molecule has 0 radical (unpaired) electrons. The molecule has 1 fully saturated rings. The van der Waals surface area contributed by atoms with E-state index in [4.69, 9.17) is 10.4 Å². The molecule has 2 N–H and O–H groups in total. The van der Waals surface area contributed by atoms with Crippen LogP contribution in [0.2, 0.25) is 0 Å². The van der Waals surface area contributed by atoms with E-state index in [1.165, 1.54) is 0 Å². The number of rotatable bonds is 1. The molecule has 0 aromatic rings. The van der Waals surface area contributed by atoms with E-state index in [0.29, 0.717) is 12.8 Å². The van der Waals surface area contributed by atoms with E-state index in [1.807, 2.05) is 0 Å². The summed E-state index contributed by atoms with van der Waals surface area (Å²) in [5.41, 5.74) is 0. The summed E-state index contributed by atoms with van der Waals surface area (Å²) in [7, 11) is -3.64. The normalized spacial score (nSPS) is 22.8. The van der Waals surface area contributed by atoms with Gasteiger partial charge in [0.25, 0.3) is 0 Å². The minimum Gasteiger partial charge on any atom is -0.227 e. The second kappa shape index (κ2) is 1.94. The first kappa shape index (κ1) is 7.51. The monoisotopic (exact) mass is 160 g/mol. The lowest BCUT2D eigenvalue weighted by atomic mass is 9.86. The molecular weight excluding hydrogens is 152 g/mol. The summed E-state index contributed by atoms with van der Waals surface area (Å²) in [6.45, 7) is 0. The fourth-order valence-corrected chi connectivity index (χ4v) is 1.94. The van der Waals surface area contributed by atoms with E-state index in [9.17, 15) is 8.42 Å². The van der Waals surface area contributed by atoms with Gasteiger partial charge in [-0.3, -0.25) is 0 Å². The van der Waals surface area contributed by atoms with Gasteiger partial charge < -0.3 is 0 Å². The maximum atomic E-state index is 10.7. The SMILES string of the molecule is N#CC1(S(N)(=O)=O)CCC1. The molecule has 0 saturated heterocycles. The number of hydrogen-bond acceptors (Lipinski definition) is 3. The average molecular weight is 160 g/mol. The lowest BCUT2D eigenvalue weighted by Crippen LogP contribution is -2.47. The Morgan fingerprint density at radius 1 is 1.50 bits per heavy atom. The van der Waals surface area contributed by atoms with Crippen molar-refractivity contribution in [1.82, 2.24) is 0 Å². The molecule has 56 valence electrons. The molecule has 4 nitrogen and oxygen atoms in total. The summed E-state index contributed by atoms with van der Waals surface area (Å²) >= 11 is 0. The zero-order valence-corrected chi connectivity index (χ0v) is 6.19. The Bertz CT molecular complexity index is 271. The van der Waals surface area contributed by atoms with Gasteiger partial charge in [-0.05, 0) is 19.3 Å². The zero-order chi connectivity index (χ0) is 7.83. The van der Waals surface area contributed by atoms with Gasteiger partial charge in [-0.15, -0.1) is 0 Å². The fraction of sp³-hybridized carbons (Fsp3) is 0.800. The molecule has 1 aliphatic rings. The second-order valence-corrected chi connectivity index (χ2v) is 4.38. The van der Waals surface area contributed by atoms with Gasteiger partial charge in [0.1, 0.15) is 0 Å². The first-order valence-electron chi connectivity index (χ1n) is 2.95. The second-order valence-electron chi connectivity index (χ2n) is 2.50. The Kier molecular flexibility index (Phi) is 1.46. The quantitative estimate of drug-likeness (QED) is 0.572. The van der Waals surface area contributed by atoms with Gasteiger partial charge in [-0.1, -0.05) is 0 Å². The number of sulfonamides is 1. The van der Waals surface area contributed by atoms with E-state index in [-0.39, 0.29) is 0 Å². The Morgan fingerprint density at radius 2 is 2.00 bits per heavy atom. The van der Waals surface area contributed by atoms with Gasteiger partial charge >= 0.3 is 0 Å². The maximum Gasteiger partial charge on any atom is 0.228 e. The van der Waals surface area contributed by atoms with Crippen LogP contribution in [0.5, 0.6) is 0 Å². The summed E-state index contributed by atoms with van der Waals surface area (Å²) < 4.78 is 20.2. The van der Waals surface area contributed by atoms with Gasteiger partial charge in [-0.25, -0.2) is 13.6 Å². The van der Waals surface area contributed by atoms with Crippen LogP contribution in [0.4, 0.5) is 0 Å². The Hall–Kier alpha value is -0.600. The molecule has 0 bridgehead atoms. The maximum absolute atomic E-state index is 10.7. The van der Waals surface area contributed by atoms with Crippen molar-refractivity contribution in [2.45, 2.75) is 24.0 Å². The van der Waals surface area contributed by atoms with Crippen molar-refractivity contribution >= 4 is 10.0 Å². The molecule has 0 heterocycles. The van der Waals surface area contributed by atoms with Crippen molar-refractivity contribution < 1.29 is 8.42 Å². The molecule has 0 unspecified atom stereocenters. The first-order valence-corrected chi connectivity index (χ1v) is 4.50. The molecule has 0 spiro atoms. The van der Waals surface area contributed by atoms with Crippen LogP contribution in [0.1, 0.15) is 19.3 Å². The highest BCUT2D eigenvalue weighted by Crippen LogP contribution is 2.36. The van der Waals surface area contributed by atoms with E-state index in [0.717, 1.165) is 6.42 Å². The third-order valence-electron chi connectivity index (χ3n) is 1.91. The Morgan fingerprint density at radius 3 is 2.00 bits per heavy atom. The van der Waals surface area contributed by atoms with Gasteiger partial charge in [0.2, 0.25) is 10.0 Å². The molecule has 1 aliphatic carbocycles. The molecule has 0 amide bonds. The number of nitrogens with two attached hydrogens (primary N) is 1. The highest BCUT2D eigenvalue weighted by atomic mass is 32.2. The lowest BCUT2D eigenvalue weighted by Gasteiger charge is -2.31. The fourth-order valence-electron chi connectivity index (χ4n) is 0.958. The van der Waals surface area contributed by atoms with E-state index in [1.54, 1.807) is 6.07 Å².